The van der Waals surface area contributed by atoms with Crippen LogP contribution >= 0.6 is 0 Å². The third-order valence-corrected chi connectivity index (χ3v) is 2.86. The summed E-state index contributed by atoms with van der Waals surface area (Å²) in [5.74, 6) is 2.92. The summed E-state index contributed by atoms with van der Waals surface area (Å²) in [7, 11) is 0. The van der Waals surface area contributed by atoms with E-state index in [1.807, 2.05) is 0 Å². The smallest absolute Gasteiger partial charge is 0.156 e. The van der Waals surface area contributed by atoms with Gasteiger partial charge in [0.1, 0.15) is 5.82 Å². The minimum Gasteiger partial charge on any atom is -0.378 e. The van der Waals surface area contributed by atoms with E-state index in [1.165, 1.54) is 0 Å². The fourth-order valence-electron chi connectivity index (χ4n) is 2.02. The van der Waals surface area contributed by atoms with Gasteiger partial charge in [-0.05, 0) is 19.3 Å². The zero-order valence-electron chi connectivity index (χ0n) is 9.66. The van der Waals surface area contributed by atoms with E-state index in [9.17, 15) is 0 Å². The third kappa shape index (κ3) is 2.37. The van der Waals surface area contributed by atoms with Gasteiger partial charge in [-0.25, -0.2) is 4.98 Å². The third-order valence-electron chi connectivity index (χ3n) is 2.86. The van der Waals surface area contributed by atoms with Crippen molar-refractivity contribution >= 4 is 0 Å². The number of aromatic amines is 1. The number of nitrogens with zero attached hydrogens (tertiary/aromatic N) is 2. The van der Waals surface area contributed by atoms with Crippen molar-refractivity contribution in [2.75, 3.05) is 6.61 Å². The van der Waals surface area contributed by atoms with Crippen LogP contribution in [0.3, 0.4) is 0 Å². The maximum Gasteiger partial charge on any atom is 0.156 e. The molecule has 4 nitrogen and oxygen atoms in total. The van der Waals surface area contributed by atoms with Gasteiger partial charge in [0.25, 0.3) is 0 Å². The van der Waals surface area contributed by atoms with Crippen molar-refractivity contribution in [3.63, 3.8) is 0 Å². The fraction of sp³-hybridized carbons (Fsp3) is 0.818. The molecule has 15 heavy (non-hydrogen) atoms. The van der Waals surface area contributed by atoms with Gasteiger partial charge in [-0.1, -0.05) is 13.8 Å². The molecule has 2 heterocycles. The topological polar surface area (TPSA) is 50.8 Å². The molecule has 1 aliphatic rings. The van der Waals surface area contributed by atoms with Crippen molar-refractivity contribution in [2.45, 2.75) is 45.6 Å². The number of nitrogens with one attached hydrogen (secondary N) is 1. The van der Waals surface area contributed by atoms with Gasteiger partial charge in [0.2, 0.25) is 0 Å². The Bertz CT molecular complexity index is 321. The Labute approximate surface area is 90.4 Å². The largest absolute Gasteiger partial charge is 0.378 e. The van der Waals surface area contributed by atoms with Gasteiger partial charge in [-0.2, -0.15) is 5.10 Å². The van der Waals surface area contributed by atoms with Gasteiger partial charge >= 0.3 is 0 Å². The normalized spacial score (nSPS) is 26.4. The van der Waals surface area contributed by atoms with Crippen LogP contribution in [0.25, 0.3) is 0 Å². The molecule has 1 aliphatic heterocycles. The first kappa shape index (κ1) is 10.6. The molecular formula is C11H19N3O. The van der Waals surface area contributed by atoms with E-state index < -0.39 is 0 Å². The lowest BCUT2D eigenvalue weighted by Crippen LogP contribution is -2.10. The second kappa shape index (κ2) is 4.31. The van der Waals surface area contributed by atoms with Crippen molar-refractivity contribution < 1.29 is 4.74 Å². The molecule has 1 aromatic heterocycles. The highest BCUT2D eigenvalue weighted by atomic mass is 16.5. The average molecular weight is 209 g/mol. The highest BCUT2D eigenvalue weighted by Crippen LogP contribution is 2.28. The molecule has 1 aromatic rings. The van der Waals surface area contributed by atoms with Crippen LogP contribution in [0.15, 0.2) is 0 Å². The van der Waals surface area contributed by atoms with E-state index in [1.54, 1.807) is 0 Å². The van der Waals surface area contributed by atoms with Gasteiger partial charge in [0, 0.05) is 18.9 Å². The molecule has 2 unspecified atom stereocenters. The second-order valence-corrected chi connectivity index (χ2v) is 4.71. The molecule has 0 aliphatic carbocycles. The monoisotopic (exact) mass is 209 g/mol. The first-order valence-corrected chi connectivity index (χ1v) is 5.69. The number of hydrogen-bond acceptors (Lipinski definition) is 3. The van der Waals surface area contributed by atoms with Crippen molar-refractivity contribution in [3.8, 4) is 0 Å². The van der Waals surface area contributed by atoms with E-state index in [4.69, 9.17) is 4.74 Å². The first-order chi connectivity index (χ1) is 7.16. The number of hydrogen-bond donors (Lipinski definition) is 1. The summed E-state index contributed by atoms with van der Waals surface area (Å²) in [4.78, 5) is 4.54. The Morgan fingerprint density at radius 1 is 1.53 bits per heavy atom. The summed E-state index contributed by atoms with van der Waals surface area (Å²) < 4.78 is 5.52. The van der Waals surface area contributed by atoms with Crippen molar-refractivity contribution in [2.24, 2.45) is 5.92 Å². The Hall–Kier alpha value is -0.900. The van der Waals surface area contributed by atoms with Crippen molar-refractivity contribution in [3.05, 3.63) is 11.6 Å². The quantitative estimate of drug-likeness (QED) is 0.827. The van der Waals surface area contributed by atoms with Crippen LogP contribution in [0.5, 0.6) is 0 Å². The molecular weight excluding hydrogens is 190 g/mol. The van der Waals surface area contributed by atoms with Crippen LogP contribution in [-0.2, 0) is 11.2 Å². The zero-order valence-corrected chi connectivity index (χ0v) is 9.66. The molecule has 0 aromatic carbocycles. The van der Waals surface area contributed by atoms with Crippen LogP contribution < -0.4 is 0 Å². The van der Waals surface area contributed by atoms with Gasteiger partial charge in [0.15, 0.2) is 5.82 Å². The molecule has 0 spiro atoms. The van der Waals surface area contributed by atoms with Crippen LogP contribution in [0, 0.1) is 5.92 Å². The standard InChI is InChI=1S/C11H19N3O/c1-7(2)6-10-12-11(14-13-10)9-4-5-15-8(9)3/h7-9H,4-6H2,1-3H3,(H,12,13,14). The van der Waals surface area contributed by atoms with E-state index >= 15 is 0 Å². The molecule has 1 saturated heterocycles. The Kier molecular flexibility index (Phi) is 3.05. The molecule has 0 amide bonds. The summed E-state index contributed by atoms with van der Waals surface area (Å²) >= 11 is 0. The highest BCUT2D eigenvalue weighted by molar-refractivity contribution is 5.02. The summed E-state index contributed by atoms with van der Waals surface area (Å²) in [6.45, 7) is 7.29. The van der Waals surface area contributed by atoms with Gasteiger partial charge in [0.05, 0.1) is 6.10 Å². The predicted molar refractivity (Wildman–Crippen MR) is 57.7 cm³/mol. The summed E-state index contributed by atoms with van der Waals surface area (Å²) in [6, 6.07) is 0. The number of H-pyrrole nitrogens is 1. The maximum atomic E-state index is 5.52. The molecule has 0 saturated carbocycles. The van der Waals surface area contributed by atoms with Crippen molar-refractivity contribution in [1.29, 1.82) is 0 Å². The molecule has 1 fully saturated rings. The molecule has 1 N–H and O–H groups in total. The summed E-state index contributed by atoms with van der Waals surface area (Å²) in [6.07, 6.45) is 2.27. The lowest BCUT2D eigenvalue weighted by molar-refractivity contribution is 0.117. The fourth-order valence-corrected chi connectivity index (χ4v) is 2.02. The Balaban J connectivity index is 2.06. The number of aromatic nitrogens is 3. The summed E-state index contributed by atoms with van der Waals surface area (Å²) in [5, 5.41) is 7.30. The van der Waals surface area contributed by atoms with E-state index in [2.05, 4.69) is 36.0 Å². The first-order valence-electron chi connectivity index (χ1n) is 5.69. The van der Waals surface area contributed by atoms with E-state index in [-0.39, 0.29) is 6.10 Å². The van der Waals surface area contributed by atoms with Crippen LogP contribution in [0.4, 0.5) is 0 Å². The van der Waals surface area contributed by atoms with Crippen LogP contribution in [-0.4, -0.2) is 27.9 Å². The maximum absolute atomic E-state index is 5.52. The Morgan fingerprint density at radius 2 is 2.33 bits per heavy atom. The number of rotatable bonds is 3. The second-order valence-electron chi connectivity index (χ2n) is 4.71. The minimum absolute atomic E-state index is 0.257. The van der Waals surface area contributed by atoms with E-state index in [0.717, 1.165) is 31.1 Å². The van der Waals surface area contributed by atoms with Gasteiger partial charge in [-0.3, -0.25) is 5.10 Å². The molecule has 0 radical (unpaired) electrons. The zero-order chi connectivity index (χ0) is 10.8. The number of ether oxygens (including phenoxy) is 1. The van der Waals surface area contributed by atoms with Gasteiger partial charge in [-0.15, -0.1) is 0 Å². The van der Waals surface area contributed by atoms with E-state index in [0.29, 0.717) is 11.8 Å². The SMILES string of the molecule is CC(C)Cc1nc(C2CCOC2C)n[nH]1. The molecule has 2 rings (SSSR count). The Morgan fingerprint density at radius 3 is 2.93 bits per heavy atom. The molecule has 2 atom stereocenters. The van der Waals surface area contributed by atoms with Crippen LogP contribution in [0.1, 0.15) is 44.8 Å². The average Bonchev–Trinajstić information content (AvgIpc) is 2.72. The lowest BCUT2D eigenvalue weighted by atomic mass is 10.0. The molecule has 84 valence electrons. The minimum atomic E-state index is 0.257. The van der Waals surface area contributed by atoms with Crippen molar-refractivity contribution in [1.82, 2.24) is 15.2 Å². The van der Waals surface area contributed by atoms with Crippen LogP contribution in [0.2, 0.25) is 0 Å². The summed E-state index contributed by atoms with van der Waals surface area (Å²) in [5.41, 5.74) is 0. The van der Waals surface area contributed by atoms with Gasteiger partial charge < -0.3 is 4.74 Å². The molecule has 4 heteroatoms. The lowest BCUT2D eigenvalue weighted by Gasteiger charge is -2.08. The molecule has 0 bridgehead atoms. The highest BCUT2D eigenvalue weighted by Gasteiger charge is 2.29. The predicted octanol–water partition coefficient (Wildman–Crippen LogP) is 1.90.